The average Bonchev–Trinajstić information content (AvgIpc) is 2.98. The van der Waals surface area contributed by atoms with Gasteiger partial charge in [0.15, 0.2) is 6.33 Å². The second kappa shape index (κ2) is 8.20. The highest BCUT2D eigenvalue weighted by molar-refractivity contribution is 7.49. The molecule has 2 aromatic rings. The van der Waals surface area contributed by atoms with Crippen molar-refractivity contribution in [2.75, 3.05) is 0 Å². The lowest BCUT2D eigenvalue weighted by Gasteiger charge is -2.15. The summed E-state index contributed by atoms with van der Waals surface area (Å²) in [5.41, 5.74) is 0.538. The molecule has 0 fully saturated rings. The molecule has 0 aliphatic carbocycles. The summed E-state index contributed by atoms with van der Waals surface area (Å²) < 4.78 is 10.7. The van der Waals surface area contributed by atoms with Crippen LogP contribution in [0.3, 0.4) is 0 Å². The number of tetrazole rings is 1. The summed E-state index contributed by atoms with van der Waals surface area (Å²) >= 11 is 0. The van der Waals surface area contributed by atoms with Gasteiger partial charge in [0.1, 0.15) is 11.8 Å². The highest BCUT2D eigenvalue weighted by Crippen LogP contribution is 2.29. The molecule has 22 heavy (non-hydrogen) atoms. The van der Waals surface area contributed by atoms with Gasteiger partial charge in [-0.2, -0.15) is 5.21 Å². The van der Waals surface area contributed by atoms with E-state index >= 15 is 0 Å². The van der Waals surface area contributed by atoms with Crippen molar-refractivity contribution in [2.24, 2.45) is 0 Å². The molecule has 0 saturated heterocycles. The molecule has 0 amide bonds. The predicted molar refractivity (Wildman–Crippen MR) is 72.6 cm³/mol. The molecule has 1 aromatic carbocycles. The Hall–Kier alpha value is -2.33. The molecule has 12 heteroatoms. The number of nitrogens with zero attached hydrogens (tertiary/aromatic N) is 3. The lowest BCUT2D eigenvalue weighted by molar-refractivity contribution is -0.139. The van der Waals surface area contributed by atoms with E-state index in [1.807, 2.05) is 0 Å². The minimum atomic E-state index is -4.60. The Bertz CT molecular complexity index is 596. The third-order valence-electron chi connectivity index (χ3n) is 2.27. The smallest absolute Gasteiger partial charge is 0.401 e. The van der Waals surface area contributed by atoms with E-state index in [0.717, 1.165) is 0 Å². The summed E-state index contributed by atoms with van der Waals surface area (Å²) in [4.78, 5) is 28.1. The van der Waals surface area contributed by atoms with Crippen LogP contribution in [-0.2, 0) is 15.8 Å². The van der Waals surface area contributed by atoms with Crippen molar-refractivity contribution < 1.29 is 29.4 Å². The fraction of sp³-hybridized carbons (Fsp3) is 0.200. The third kappa shape index (κ3) is 7.45. The molecular formula is C10H14N5O6P. The van der Waals surface area contributed by atoms with E-state index < -0.39 is 19.8 Å². The summed E-state index contributed by atoms with van der Waals surface area (Å²) in [6, 6.07) is 4.30. The number of nitrogens with one attached hydrogen (secondary N) is 2. The van der Waals surface area contributed by atoms with Crippen LogP contribution in [0.25, 0.3) is 0 Å². The summed E-state index contributed by atoms with van der Waals surface area (Å²) in [7, 11) is -4.60. The van der Waals surface area contributed by atoms with Crippen molar-refractivity contribution in [1.29, 1.82) is 0 Å². The molecule has 0 bridgehead atoms. The minimum absolute atomic E-state index is 0.0311. The van der Waals surface area contributed by atoms with Gasteiger partial charge in [0.05, 0.1) is 0 Å². The van der Waals surface area contributed by atoms with Crippen LogP contribution < -0.4 is 5.09 Å². The van der Waals surface area contributed by atoms with Crippen molar-refractivity contribution in [3.8, 4) is 5.75 Å². The van der Waals surface area contributed by atoms with Gasteiger partial charge in [-0.15, -0.1) is 10.2 Å². The lowest BCUT2D eigenvalue weighted by atomic mass is 10.1. The normalized spacial score (nSPS) is 12.1. The number of aromatic amines is 1. The number of carbonyl (C=O) groups is 1. The molecule has 2 rings (SSSR count). The highest BCUT2D eigenvalue weighted by Gasteiger charge is 2.25. The molecule has 0 radical (unpaired) electrons. The Morgan fingerprint density at radius 2 is 1.95 bits per heavy atom. The van der Waals surface area contributed by atoms with Crippen LogP contribution in [0.1, 0.15) is 5.56 Å². The molecule has 6 N–H and O–H groups in total. The molecule has 0 saturated carbocycles. The number of aliphatic carboxylic acids is 1. The Labute approximate surface area is 124 Å². The Morgan fingerprint density at radius 1 is 1.32 bits per heavy atom. The number of hydrogen-bond donors (Lipinski definition) is 6. The molecule has 0 aliphatic heterocycles. The fourth-order valence-corrected chi connectivity index (χ4v) is 2.00. The molecule has 11 nitrogen and oxygen atoms in total. The van der Waals surface area contributed by atoms with Crippen LogP contribution >= 0.6 is 7.75 Å². The van der Waals surface area contributed by atoms with Gasteiger partial charge in [-0.25, -0.2) is 9.65 Å². The van der Waals surface area contributed by atoms with Crippen LogP contribution in [0.5, 0.6) is 5.75 Å². The maximum Gasteiger partial charge on any atom is 0.401 e. The number of phenols is 1. The summed E-state index contributed by atoms with van der Waals surface area (Å²) in [6.07, 6.45) is 1.24. The molecule has 120 valence electrons. The number of phenolic OH excluding ortho intramolecular Hbond substituents is 1. The number of benzene rings is 1. The second-order valence-electron chi connectivity index (χ2n) is 3.99. The number of H-pyrrole nitrogens is 1. The Kier molecular flexibility index (Phi) is 6.60. The lowest BCUT2D eigenvalue weighted by Crippen LogP contribution is -2.36. The second-order valence-corrected chi connectivity index (χ2v) is 5.34. The van der Waals surface area contributed by atoms with E-state index in [4.69, 9.17) is 20.0 Å². The first-order valence-electron chi connectivity index (χ1n) is 5.78. The minimum Gasteiger partial charge on any atom is -0.508 e. The van der Waals surface area contributed by atoms with Gasteiger partial charge in [-0.3, -0.25) is 4.79 Å². The van der Waals surface area contributed by atoms with Gasteiger partial charge in [-0.05, 0) is 24.1 Å². The largest absolute Gasteiger partial charge is 0.508 e. The van der Waals surface area contributed by atoms with E-state index in [9.17, 15) is 9.36 Å². The number of aromatic nitrogens is 4. The van der Waals surface area contributed by atoms with Gasteiger partial charge in [0.25, 0.3) is 0 Å². The SMILES string of the molecule is O=C(O)[C@H](Cc1ccc(O)cc1)NP(=O)(O)O.c1nn[nH]n1. The topological polar surface area (TPSA) is 182 Å². The monoisotopic (exact) mass is 331 g/mol. The molecule has 1 aromatic heterocycles. The van der Waals surface area contributed by atoms with Crippen molar-refractivity contribution in [2.45, 2.75) is 12.5 Å². The number of hydrogen-bond acceptors (Lipinski definition) is 6. The fourth-order valence-electron chi connectivity index (χ4n) is 1.39. The summed E-state index contributed by atoms with van der Waals surface area (Å²) in [6.45, 7) is 0. The van der Waals surface area contributed by atoms with E-state index in [1.54, 1.807) is 5.09 Å². The van der Waals surface area contributed by atoms with Gasteiger partial charge in [0.2, 0.25) is 0 Å². The maximum absolute atomic E-state index is 10.8. The first kappa shape index (κ1) is 17.7. The van der Waals surface area contributed by atoms with E-state index in [1.165, 1.54) is 30.6 Å². The molecule has 0 spiro atoms. The zero-order valence-electron chi connectivity index (χ0n) is 11.1. The summed E-state index contributed by atoms with van der Waals surface area (Å²) in [5, 5.41) is 31.7. The average molecular weight is 331 g/mol. The van der Waals surface area contributed by atoms with Crippen LogP contribution in [0.4, 0.5) is 0 Å². The Morgan fingerprint density at radius 3 is 2.32 bits per heavy atom. The first-order valence-corrected chi connectivity index (χ1v) is 7.39. The highest BCUT2D eigenvalue weighted by atomic mass is 31.2. The molecule has 0 unspecified atom stereocenters. The van der Waals surface area contributed by atoms with Crippen molar-refractivity contribution in [1.82, 2.24) is 25.7 Å². The van der Waals surface area contributed by atoms with Crippen molar-refractivity contribution in [3.63, 3.8) is 0 Å². The first-order chi connectivity index (χ1) is 10.3. The van der Waals surface area contributed by atoms with E-state index in [2.05, 4.69) is 20.6 Å². The molecule has 0 aliphatic rings. The third-order valence-corrected chi connectivity index (χ3v) is 2.92. The van der Waals surface area contributed by atoms with Crippen LogP contribution in [0, 0.1) is 0 Å². The zero-order chi connectivity index (χ0) is 16.6. The molecule has 1 heterocycles. The molecular weight excluding hydrogens is 317 g/mol. The number of carboxylic acid groups (broad SMARTS) is 1. The van der Waals surface area contributed by atoms with Crippen molar-refractivity contribution in [3.05, 3.63) is 36.2 Å². The Balaban J connectivity index is 0.000000406. The van der Waals surface area contributed by atoms with Crippen molar-refractivity contribution >= 4 is 13.7 Å². The number of rotatable bonds is 5. The van der Waals surface area contributed by atoms with Gasteiger partial charge < -0.3 is 20.0 Å². The number of carboxylic acids is 1. The van der Waals surface area contributed by atoms with Crippen LogP contribution in [-0.4, -0.2) is 52.6 Å². The molecule has 1 atom stereocenters. The van der Waals surface area contributed by atoms with Gasteiger partial charge in [0, 0.05) is 0 Å². The zero-order valence-corrected chi connectivity index (χ0v) is 12.0. The van der Waals surface area contributed by atoms with Crippen LogP contribution in [0.2, 0.25) is 0 Å². The summed E-state index contributed by atoms with van der Waals surface area (Å²) in [5.74, 6) is -1.33. The van der Waals surface area contributed by atoms with Gasteiger partial charge in [-0.1, -0.05) is 17.3 Å². The van der Waals surface area contributed by atoms with Crippen LogP contribution in [0.15, 0.2) is 30.6 Å². The quantitative estimate of drug-likeness (QED) is 0.382. The number of aromatic hydroxyl groups is 1. The maximum atomic E-state index is 10.8. The van der Waals surface area contributed by atoms with E-state index in [0.29, 0.717) is 5.56 Å². The standard InChI is InChI=1S/C9H12NO6P.CH2N4/c11-7-3-1-6(2-4-7)5-8(9(12)13)10-17(14,15)16;1-2-4-5-3-1/h1-4,8,11H,5H2,(H,12,13)(H3,10,14,15,16);1H,(H,2,3,4,5)/t8-;/m0./s1. The van der Waals surface area contributed by atoms with E-state index in [-0.39, 0.29) is 12.2 Å². The van der Waals surface area contributed by atoms with Gasteiger partial charge >= 0.3 is 13.7 Å². The predicted octanol–water partition coefficient (Wildman–Crippen LogP) is -0.730.